The minimum Gasteiger partial charge on any atom is -0.370 e. The maximum Gasteiger partial charge on any atom is 0.208 e. The van der Waals surface area contributed by atoms with Crippen LogP contribution in [0.4, 0.5) is 5.82 Å². The van der Waals surface area contributed by atoms with Gasteiger partial charge in [-0.15, -0.1) is 0 Å². The number of nitrogens with two attached hydrogens (primary N) is 3. The molecule has 0 amide bonds. The predicted octanol–water partition coefficient (Wildman–Crippen LogP) is -1.82. The Bertz CT molecular complexity index is 335. The third kappa shape index (κ3) is 0.840. The quantitative estimate of drug-likeness (QED) is 0.290. The summed E-state index contributed by atoms with van der Waals surface area (Å²) in [5, 5.41) is 2.72. The Hall–Kier alpha value is -1.60. The van der Waals surface area contributed by atoms with Crippen molar-refractivity contribution in [2.45, 2.75) is 5.79 Å². The van der Waals surface area contributed by atoms with Gasteiger partial charge < -0.3 is 16.0 Å². The van der Waals surface area contributed by atoms with Gasteiger partial charge in [-0.1, -0.05) is 0 Å². The summed E-state index contributed by atoms with van der Waals surface area (Å²) in [5.41, 5.74) is 17.2. The fourth-order valence-corrected chi connectivity index (χ4v) is 1.10. The minimum absolute atomic E-state index is 0.166. The number of hydrogen-bond acceptors (Lipinski definition) is 6. The molecule has 0 fully saturated rings. The third-order valence-electron chi connectivity index (χ3n) is 1.59. The van der Waals surface area contributed by atoms with Gasteiger partial charge in [0.05, 0.1) is 6.33 Å². The van der Waals surface area contributed by atoms with Crippen LogP contribution in [0, 0.1) is 0 Å². The van der Waals surface area contributed by atoms with Gasteiger partial charge >= 0.3 is 0 Å². The van der Waals surface area contributed by atoms with Crippen molar-refractivity contribution in [3.63, 3.8) is 0 Å². The van der Waals surface area contributed by atoms with Crippen molar-refractivity contribution in [3.8, 4) is 0 Å². The van der Waals surface area contributed by atoms with Crippen LogP contribution in [0.2, 0.25) is 0 Å². The zero-order valence-corrected chi connectivity index (χ0v) is 6.20. The van der Waals surface area contributed by atoms with Crippen LogP contribution in [0.15, 0.2) is 11.3 Å². The summed E-state index contributed by atoms with van der Waals surface area (Å²) in [6.45, 7) is 0. The number of H-pyrrole nitrogens is 1. The fraction of sp³-hybridized carbons (Fsp3) is 0.200. The highest BCUT2D eigenvalue weighted by molar-refractivity contribution is 5.94. The SMILES string of the molecule is NC1=NC(N)(N)c2[nH]cnc2N1. The lowest BCUT2D eigenvalue weighted by molar-refractivity contribution is 0.475. The lowest BCUT2D eigenvalue weighted by Crippen LogP contribution is -2.50. The highest BCUT2D eigenvalue weighted by Crippen LogP contribution is 2.22. The Morgan fingerprint density at radius 3 is 2.92 bits per heavy atom. The molecule has 1 aromatic rings. The van der Waals surface area contributed by atoms with E-state index < -0.39 is 5.79 Å². The second kappa shape index (κ2) is 1.96. The topological polar surface area (TPSA) is 131 Å². The van der Waals surface area contributed by atoms with E-state index in [2.05, 4.69) is 20.3 Å². The van der Waals surface area contributed by atoms with Gasteiger partial charge in [0.2, 0.25) is 5.79 Å². The van der Waals surface area contributed by atoms with Crippen LogP contribution < -0.4 is 22.5 Å². The second-order valence-electron chi connectivity index (χ2n) is 2.57. The van der Waals surface area contributed by atoms with Crippen LogP contribution >= 0.6 is 0 Å². The van der Waals surface area contributed by atoms with E-state index in [1.807, 2.05) is 0 Å². The highest BCUT2D eigenvalue weighted by atomic mass is 15.3. The molecule has 12 heavy (non-hydrogen) atoms. The molecule has 0 bridgehead atoms. The number of guanidine groups is 1. The van der Waals surface area contributed by atoms with Crippen molar-refractivity contribution in [1.29, 1.82) is 0 Å². The van der Waals surface area contributed by atoms with Crippen molar-refractivity contribution >= 4 is 11.8 Å². The summed E-state index contributed by atoms with van der Waals surface area (Å²) >= 11 is 0. The average Bonchev–Trinajstić information content (AvgIpc) is 2.32. The molecule has 0 aromatic carbocycles. The summed E-state index contributed by atoms with van der Waals surface area (Å²) in [6, 6.07) is 0. The van der Waals surface area contributed by atoms with E-state index in [1.165, 1.54) is 6.33 Å². The number of imidazole rings is 1. The zero-order valence-electron chi connectivity index (χ0n) is 6.20. The fourth-order valence-electron chi connectivity index (χ4n) is 1.10. The van der Waals surface area contributed by atoms with E-state index in [1.54, 1.807) is 0 Å². The number of hydrogen-bond donors (Lipinski definition) is 5. The number of nitrogens with zero attached hydrogens (tertiary/aromatic N) is 2. The largest absolute Gasteiger partial charge is 0.370 e. The van der Waals surface area contributed by atoms with Crippen LogP contribution in [0.5, 0.6) is 0 Å². The van der Waals surface area contributed by atoms with Crippen molar-refractivity contribution in [2.75, 3.05) is 5.32 Å². The summed E-state index contributed by atoms with van der Waals surface area (Å²) in [5.74, 6) is -0.617. The first kappa shape index (κ1) is 7.07. The van der Waals surface area contributed by atoms with Crippen LogP contribution in [0.1, 0.15) is 5.69 Å². The second-order valence-corrected chi connectivity index (χ2v) is 2.57. The molecule has 0 aliphatic carbocycles. The molecule has 1 aromatic heterocycles. The molecule has 0 radical (unpaired) electrons. The van der Waals surface area contributed by atoms with Crippen LogP contribution in [0.25, 0.3) is 0 Å². The van der Waals surface area contributed by atoms with Gasteiger partial charge in [0.15, 0.2) is 11.8 Å². The summed E-state index contributed by atoms with van der Waals surface area (Å²) in [6.07, 6.45) is 1.47. The molecule has 1 aliphatic heterocycles. The Balaban J connectivity index is 2.55. The molecule has 2 heterocycles. The molecular weight excluding hydrogens is 158 g/mol. The van der Waals surface area contributed by atoms with Gasteiger partial charge in [-0.05, 0) is 0 Å². The van der Waals surface area contributed by atoms with E-state index in [0.717, 1.165) is 0 Å². The van der Waals surface area contributed by atoms with E-state index in [0.29, 0.717) is 11.5 Å². The minimum atomic E-state index is -1.30. The lowest BCUT2D eigenvalue weighted by atomic mass is 10.2. The van der Waals surface area contributed by atoms with Gasteiger partial charge in [-0.2, -0.15) is 0 Å². The van der Waals surface area contributed by atoms with E-state index in [9.17, 15) is 0 Å². The van der Waals surface area contributed by atoms with Crippen LogP contribution in [0.3, 0.4) is 0 Å². The summed E-state index contributed by atoms with van der Waals surface area (Å²) in [7, 11) is 0. The molecule has 0 unspecified atom stereocenters. The monoisotopic (exact) mass is 167 g/mol. The van der Waals surface area contributed by atoms with Gasteiger partial charge in [-0.25, -0.2) is 9.98 Å². The van der Waals surface area contributed by atoms with Crippen molar-refractivity contribution in [1.82, 2.24) is 9.97 Å². The predicted molar refractivity (Wildman–Crippen MR) is 43.9 cm³/mol. The maximum atomic E-state index is 5.62. The molecule has 2 rings (SSSR count). The number of rotatable bonds is 0. The molecule has 0 saturated heterocycles. The van der Waals surface area contributed by atoms with E-state index in [-0.39, 0.29) is 5.96 Å². The maximum absolute atomic E-state index is 5.62. The molecule has 8 N–H and O–H groups in total. The first-order valence-electron chi connectivity index (χ1n) is 3.33. The molecule has 7 nitrogen and oxygen atoms in total. The smallest absolute Gasteiger partial charge is 0.208 e. The van der Waals surface area contributed by atoms with Gasteiger partial charge in [-0.3, -0.25) is 11.5 Å². The molecule has 64 valence electrons. The number of anilines is 1. The first-order chi connectivity index (χ1) is 5.59. The number of fused-ring (bicyclic) bond motifs is 1. The van der Waals surface area contributed by atoms with Crippen LogP contribution in [-0.2, 0) is 5.79 Å². The van der Waals surface area contributed by atoms with Crippen molar-refractivity contribution < 1.29 is 0 Å². The van der Waals surface area contributed by atoms with Crippen LogP contribution in [-0.4, -0.2) is 15.9 Å². The third-order valence-corrected chi connectivity index (χ3v) is 1.59. The summed E-state index contributed by atoms with van der Waals surface area (Å²) in [4.78, 5) is 10.5. The Morgan fingerprint density at radius 1 is 1.42 bits per heavy atom. The number of aromatic nitrogens is 2. The molecule has 7 heteroatoms. The standard InChI is InChI=1S/C5H9N7/c6-4-11-3-2(9-1-10-3)5(7,8)12-4/h1H,7-8H2,(H,9,10)(H3,6,11,12). The van der Waals surface area contributed by atoms with Crippen molar-refractivity contribution in [2.24, 2.45) is 22.2 Å². The molecule has 0 saturated carbocycles. The normalized spacial score (nSPS) is 19.3. The average molecular weight is 167 g/mol. The first-order valence-corrected chi connectivity index (χ1v) is 3.33. The number of nitrogens with one attached hydrogen (secondary N) is 2. The Labute approximate surface area is 68.0 Å². The highest BCUT2D eigenvalue weighted by Gasteiger charge is 2.30. The zero-order chi connectivity index (χ0) is 8.77. The lowest BCUT2D eigenvalue weighted by Gasteiger charge is -2.24. The Kier molecular flexibility index (Phi) is 1.15. The molecular formula is C5H9N7. The van der Waals surface area contributed by atoms with Gasteiger partial charge in [0.25, 0.3) is 0 Å². The van der Waals surface area contributed by atoms with Gasteiger partial charge in [0, 0.05) is 0 Å². The number of aliphatic imine (C=N–C) groups is 1. The Morgan fingerprint density at radius 2 is 2.17 bits per heavy atom. The van der Waals surface area contributed by atoms with Crippen molar-refractivity contribution in [3.05, 3.63) is 12.0 Å². The number of aromatic amines is 1. The molecule has 0 spiro atoms. The van der Waals surface area contributed by atoms with Gasteiger partial charge in [0.1, 0.15) is 5.69 Å². The molecule has 0 atom stereocenters. The van der Waals surface area contributed by atoms with E-state index >= 15 is 0 Å². The molecule has 1 aliphatic rings. The summed E-state index contributed by atoms with van der Waals surface area (Å²) < 4.78 is 0. The van der Waals surface area contributed by atoms with E-state index in [4.69, 9.17) is 17.2 Å².